The average molecular weight is 229 g/mol. The van der Waals surface area contributed by atoms with Crippen LogP contribution in [0.5, 0.6) is 0 Å². The highest BCUT2D eigenvalue weighted by atomic mass is 35.5. The average Bonchev–Trinajstić information content (AvgIpc) is 2.49. The van der Waals surface area contributed by atoms with Crippen LogP contribution in [0.25, 0.3) is 11.5 Å². The van der Waals surface area contributed by atoms with E-state index in [1.54, 1.807) is 24.0 Å². The van der Waals surface area contributed by atoms with Gasteiger partial charge >= 0.3 is 0 Å². The highest BCUT2D eigenvalue weighted by Gasteiger charge is 2.07. The summed E-state index contributed by atoms with van der Waals surface area (Å²) in [5, 5.41) is 4.64. The molecule has 72 valence electrons. The lowest BCUT2D eigenvalue weighted by molar-refractivity contribution is 0.770. The maximum Gasteiger partial charge on any atom is 0.180 e. The summed E-state index contributed by atoms with van der Waals surface area (Å²) in [7, 11) is 1.80. The van der Waals surface area contributed by atoms with E-state index in [4.69, 9.17) is 23.2 Å². The Morgan fingerprint density at radius 3 is 2.36 bits per heavy atom. The molecule has 0 amide bonds. The first-order valence-electron chi connectivity index (χ1n) is 3.85. The van der Waals surface area contributed by atoms with Crippen molar-refractivity contribution in [2.45, 2.75) is 0 Å². The number of rotatable bonds is 1. The molecule has 0 N–H and O–H groups in total. The first-order chi connectivity index (χ1) is 6.66. The Labute approximate surface area is 90.5 Å². The number of halogens is 2. The van der Waals surface area contributed by atoms with E-state index in [9.17, 15) is 0 Å². The molecule has 0 saturated carbocycles. The topological polar surface area (TPSA) is 43.6 Å². The maximum atomic E-state index is 5.75. The van der Waals surface area contributed by atoms with Gasteiger partial charge in [0.15, 0.2) is 5.82 Å². The molecule has 0 aromatic carbocycles. The van der Waals surface area contributed by atoms with Crippen molar-refractivity contribution in [2.24, 2.45) is 7.05 Å². The minimum absolute atomic E-state index is 0.321. The zero-order valence-electron chi connectivity index (χ0n) is 7.28. The van der Waals surface area contributed by atoms with Gasteiger partial charge in [-0.25, -0.2) is 9.97 Å². The largest absolute Gasteiger partial charge is 0.265 e. The fraction of sp³-hybridized carbons (Fsp3) is 0.125. The zero-order chi connectivity index (χ0) is 10.1. The van der Waals surface area contributed by atoms with Crippen LogP contribution in [0.2, 0.25) is 10.3 Å². The van der Waals surface area contributed by atoms with Gasteiger partial charge in [0.25, 0.3) is 0 Å². The van der Waals surface area contributed by atoms with E-state index in [0.29, 0.717) is 16.1 Å². The van der Waals surface area contributed by atoms with Crippen LogP contribution in [-0.4, -0.2) is 19.7 Å². The molecule has 0 saturated heterocycles. The molecule has 0 aliphatic carbocycles. The van der Waals surface area contributed by atoms with E-state index in [1.165, 1.54) is 6.07 Å². The monoisotopic (exact) mass is 228 g/mol. The van der Waals surface area contributed by atoms with Gasteiger partial charge in [0.1, 0.15) is 16.0 Å². The second-order valence-electron chi connectivity index (χ2n) is 2.68. The van der Waals surface area contributed by atoms with Crippen molar-refractivity contribution in [3.8, 4) is 11.5 Å². The molecule has 4 nitrogen and oxygen atoms in total. The van der Waals surface area contributed by atoms with Gasteiger partial charge in [-0.2, -0.15) is 5.10 Å². The number of aryl methyl sites for hydroxylation is 1. The first-order valence-corrected chi connectivity index (χ1v) is 4.61. The minimum atomic E-state index is 0.321. The summed E-state index contributed by atoms with van der Waals surface area (Å²) >= 11 is 11.5. The summed E-state index contributed by atoms with van der Waals surface area (Å²) in [5.41, 5.74) is 0.773. The Hall–Kier alpha value is -1.13. The molecule has 0 fully saturated rings. The third kappa shape index (κ3) is 1.71. The molecule has 6 heteroatoms. The third-order valence-electron chi connectivity index (χ3n) is 1.71. The predicted molar refractivity (Wildman–Crippen MR) is 54.3 cm³/mol. The van der Waals surface area contributed by atoms with Crippen LogP contribution >= 0.6 is 23.2 Å². The molecule has 14 heavy (non-hydrogen) atoms. The number of hydrogen-bond donors (Lipinski definition) is 0. The highest BCUT2D eigenvalue weighted by Crippen LogP contribution is 2.19. The quantitative estimate of drug-likeness (QED) is 0.704. The van der Waals surface area contributed by atoms with Crippen molar-refractivity contribution < 1.29 is 0 Å². The molecule has 0 unspecified atom stereocenters. The molecule has 0 bridgehead atoms. The van der Waals surface area contributed by atoms with Gasteiger partial charge < -0.3 is 0 Å². The molecule has 0 aliphatic rings. The predicted octanol–water partition coefficient (Wildman–Crippen LogP) is 2.18. The second-order valence-corrected chi connectivity index (χ2v) is 3.45. The summed E-state index contributed by atoms with van der Waals surface area (Å²) in [6.07, 6.45) is 1.66. The van der Waals surface area contributed by atoms with Gasteiger partial charge in [0, 0.05) is 19.3 Å². The zero-order valence-corrected chi connectivity index (χ0v) is 8.79. The SMILES string of the molecule is Cn1nccc1-c1nc(Cl)cc(Cl)n1. The van der Waals surface area contributed by atoms with Crippen molar-refractivity contribution in [1.82, 2.24) is 19.7 Å². The van der Waals surface area contributed by atoms with Gasteiger partial charge in [0.2, 0.25) is 0 Å². The Balaban J connectivity index is 2.57. The normalized spacial score (nSPS) is 10.5. The van der Waals surface area contributed by atoms with Crippen LogP contribution in [0.4, 0.5) is 0 Å². The fourth-order valence-corrected chi connectivity index (χ4v) is 1.52. The van der Waals surface area contributed by atoms with Crippen molar-refractivity contribution in [3.63, 3.8) is 0 Å². The van der Waals surface area contributed by atoms with Crippen LogP contribution < -0.4 is 0 Å². The van der Waals surface area contributed by atoms with E-state index in [1.807, 2.05) is 0 Å². The molecule has 2 rings (SSSR count). The van der Waals surface area contributed by atoms with Crippen LogP contribution in [0, 0.1) is 0 Å². The lowest BCUT2D eigenvalue weighted by atomic mass is 10.4. The second kappa shape index (κ2) is 3.55. The number of nitrogens with zero attached hydrogens (tertiary/aromatic N) is 4. The molecular formula is C8H6Cl2N4. The van der Waals surface area contributed by atoms with Crippen LogP contribution in [0.1, 0.15) is 0 Å². The summed E-state index contributed by atoms with van der Waals surface area (Å²) in [6, 6.07) is 3.28. The van der Waals surface area contributed by atoms with Crippen LogP contribution in [0.15, 0.2) is 18.3 Å². The minimum Gasteiger partial charge on any atom is -0.265 e. The Bertz CT molecular complexity index is 446. The molecule has 2 heterocycles. The van der Waals surface area contributed by atoms with Crippen molar-refractivity contribution >= 4 is 23.2 Å². The lowest BCUT2D eigenvalue weighted by Crippen LogP contribution is -1.97. The first kappa shape index (κ1) is 9.43. The Morgan fingerprint density at radius 1 is 1.21 bits per heavy atom. The van der Waals surface area contributed by atoms with E-state index < -0.39 is 0 Å². The van der Waals surface area contributed by atoms with Gasteiger partial charge in [-0.3, -0.25) is 4.68 Å². The lowest BCUT2D eigenvalue weighted by Gasteiger charge is -2.00. The van der Waals surface area contributed by atoms with Crippen LogP contribution in [0.3, 0.4) is 0 Å². The summed E-state index contributed by atoms with van der Waals surface area (Å²) in [4.78, 5) is 8.09. The molecule has 0 spiro atoms. The van der Waals surface area contributed by atoms with Crippen molar-refractivity contribution in [3.05, 3.63) is 28.6 Å². The van der Waals surface area contributed by atoms with E-state index >= 15 is 0 Å². The van der Waals surface area contributed by atoms with Gasteiger partial charge in [0.05, 0.1) is 0 Å². The molecule has 2 aromatic heterocycles. The Kier molecular flexibility index (Phi) is 2.39. The number of hydrogen-bond acceptors (Lipinski definition) is 3. The standard InChI is InChI=1S/C8H6Cl2N4/c1-14-5(2-3-11-14)8-12-6(9)4-7(10)13-8/h2-4H,1H3. The maximum absolute atomic E-state index is 5.75. The molecule has 0 aliphatic heterocycles. The van der Waals surface area contributed by atoms with Gasteiger partial charge in [-0.05, 0) is 6.07 Å². The number of aromatic nitrogens is 4. The van der Waals surface area contributed by atoms with E-state index in [-0.39, 0.29) is 0 Å². The highest BCUT2D eigenvalue weighted by molar-refractivity contribution is 6.33. The van der Waals surface area contributed by atoms with Crippen LogP contribution in [-0.2, 0) is 7.05 Å². The summed E-state index contributed by atoms with van der Waals surface area (Å²) in [5.74, 6) is 0.475. The summed E-state index contributed by atoms with van der Waals surface area (Å²) in [6.45, 7) is 0. The van der Waals surface area contributed by atoms with Gasteiger partial charge in [-0.15, -0.1) is 0 Å². The molecular weight excluding hydrogens is 223 g/mol. The van der Waals surface area contributed by atoms with Gasteiger partial charge in [-0.1, -0.05) is 23.2 Å². The smallest absolute Gasteiger partial charge is 0.180 e. The Morgan fingerprint density at radius 2 is 1.86 bits per heavy atom. The van der Waals surface area contributed by atoms with Crippen molar-refractivity contribution in [1.29, 1.82) is 0 Å². The van der Waals surface area contributed by atoms with E-state index in [2.05, 4.69) is 15.1 Å². The van der Waals surface area contributed by atoms with Crippen molar-refractivity contribution in [2.75, 3.05) is 0 Å². The summed E-state index contributed by atoms with van der Waals surface area (Å²) < 4.78 is 1.65. The third-order valence-corrected chi connectivity index (χ3v) is 2.10. The molecule has 0 radical (unpaired) electrons. The molecule has 2 aromatic rings. The fourth-order valence-electron chi connectivity index (χ4n) is 1.10. The molecule has 0 atom stereocenters. The van der Waals surface area contributed by atoms with E-state index in [0.717, 1.165) is 5.69 Å².